The third-order valence-corrected chi connectivity index (χ3v) is 5.33. The highest BCUT2D eigenvalue weighted by atomic mass is 32.2. The molecule has 0 saturated carbocycles. The summed E-state index contributed by atoms with van der Waals surface area (Å²) >= 11 is 0. The van der Waals surface area contributed by atoms with E-state index in [4.69, 9.17) is 0 Å². The molecule has 0 amide bonds. The number of benzene rings is 2. The maximum Gasteiger partial charge on any atom is 0.264 e. The predicted molar refractivity (Wildman–Crippen MR) is 91.6 cm³/mol. The Balaban J connectivity index is 2.35. The molecule has 0 aromatic heterocycles. The largest absolute Gasteiger partial charge is 0.269 e. The highest BCUT2D eigenvalue weighted by Gasteiger charge is 2.22. The summed E-state index contributed by atoms with van der Waals surface area (Å²) in [6.45, 7) is 1.98. The molecule has 0 aliphatic carbocycles. The fourth-order valence-electron chi connectivity index (χ4n) is 2.31. The average molecular weight is 315 g/mol. The third kappa shape index (κ3) is 3.57. The van der Waals surface area contributed by atoms with Crippen LogP contribution >= 0.6 is 0 Å². The second-order valence-corrected chi connectivity index (χ2v) is 6.99. The lowest BCUT2D eigenvalue weighted by atomic mass is 10.1. The average Bonchev–Trinajstić information content (AvgIpc) is 2.55. The first-order valence-electron chi connectivity index (χ1n) is 7.30. The molecule has 22 heavy (non-hydrogen) atoms. The molecule has 2 rings (SSSR count). The molecule has 4 heteroatoms. The van der Waals surface area contributed by atoms with E-state index in [1.165, 1.54) is 4.31 Å². The molecule has 0 atom stereocenters. The van der Waals surface area contributed by atoms with Gasteiger partial charge in [0, 0.05) is 7.05 Å². The van der Waals surface area contributed by atoms with Crippen LogP contribution in [0, 0.1) is 0 Å². The molecule has 3 nitrogen and oxygen atoms in total. The van der Waals surface area contributed by atoms with Gasteiger partial charge in [-0.1, -0.05) is 48.6 Å². The van der Waals surface area contributed by atoms with Gasteiger partial charge in [0.05, 0.1) is 10.6 Å². The molecular formula is C18H21NO2S. The van der Waals surface area contributed by atoms with Crippen LogP contribution in [0.3, 0.4) is 0 Å². The lowest BCUT2D eigenvalue weighted by Crippen LogP contribution is -2.27. The van der Waals surface area contributed by atoms with Gasteiger partial charge in [-0.3, -0.25) is 4.31 Å². The number of hydrogen-bond donors (Lipinski definition) is 0. The summed E-state index contributed by atoms with van der Waals surface area (Å²) in [6.07, 6.45) is 5.80. The monoisotopic (exact) mass is 315 g/mol. The van der Waals surface area contributed by atoms with Gasteiger partial charge in [-0.25, -0.2) is 8.42 Å². The Bertz CT molecular complexity index is 737. The van der Waals surface area contributed by atoms with E-state index >= 15 is 0 Å². The first-order valence-corrected chi connectivity index (χ1v) is 8.74. The van der Waals surface area contributed by atoms with Crippen molar-refractivity contribution >= 4 is 15.7 Å². The maximum atomic E-state index is 12.7. The van der Waals surface area contributed by atoms with Crippen LogP contribution in [0.25, 0.3) is 0 Å². The molecule has 0 N–H and O–H groups in total. The molecule has 0 radical (unpaired) electrons. The summed E-state index contributed by atoms with van der Waals surface area (Å²) < 4.78 is 26.8. The third-order valence-electron chi connectivity index (χ3n) is 3.55. The summed E-state index contributed by atoms with van der Waals surface area (Å²) in [6, 6.07) is 16.2. The summed E-state index contributed by atoms with van der Waals surface area (Å²) in [5.41, 5.74) is 1.76. The van der Waals surface area contributed by atoms with Crippen LogP contribution in [0.1, 0.15) is 18.9 Å². The number of nitrogens with zero attached hydrogens (tertiary/aromatic N) is 1. The molecule has 0 unspecified atom stereocenters. The topological polar surface area (TPSA) is 37.4 Å². The van der Waals surface area contributed by atoms with Gasteiger partial charge in [0.15, 0.2) is 0 Å². The smallest absolute Gasteiger partial charge is 0.264 e. The van der Waals surface area contributed by atoms with Crippen molar-refractivity contribution in [2.75, 3.05) is 11.4 Å². The second kappa shape index (κ2) is 7.27. The molecule has 2 aromatic rings. The van der Waals surface area contributed by atoms with Crippen LogP contribution in [0.2, 0.25) is 0 Å². The molecule has 116 valence electrons. The van der Waals surface area contributed by atoms with Gasteiger partial charge in [0.2, 0.25) is 0 Å². The van der Waals surface area contributed by atoms with Crippen molar-refractivity contribution in [3.05, 3.63) is 72.3 Å². The number of sulfonamides is 1. The Labute approximate surface area is 133 Å². The first-order chi connectivity index (χ1) is 10.6. The van der Waals surface area contributed by atoms with Gasteiger partial charge in [-0.15, -0.1) is 0 Å². The number of allylic oxidation sites excluding steroid dienone is 2. The van der Waals surface area contributed by atoms with Crippen LogP contribution in [0.4, 0.5) is 5.69 Å². The van der Waals surface area contributed by atoms with Gasteiger partial charge >= 0.3 is 0 Å². The van der Waals surface area contributed by atoms with Crippen molar-refractivity contribution in [3.63, 3.8) is 0 Å². The Morgan fingerprint density at radius 3 is 2.32 bits per heavy atom. The normalized spacial score (nSPS) is 11.7. The lowest BCUT2D eigenvalue weighted by molar-refractivity contribution is 0.594. The van der Waals surface area contributed by atoms with Gasteiger partial charge in [-0.2, -0.15) is 0 Å². The highest BCUT2D eigenvalue weighted by molar-refractivity contribution is 7.92. The zero-order valence-electron chi connectivity index (χ0n) is 12.9. The van der Waals surface area contributed by atoms with E-state index in [1.54, 1.807) is 31.3 Å². The quantitative estimate of drug-likeness (QED) is 0.755. The molecular weight excluding hydrogens is 294 g/mol. The van der Waals surface area contributed by atoms with Crippen LogP contribution < -0.4 is 4.31 Å². The van der Waals surface area contributed by atoms with Crippen LogP contribution in [0.15, 0.2) is 71.6 Å². The van der Waals surface area contributed by atoms with Crippen molar-refractivity contribution < 1.29 is 8.42 Å². The van der Waals surface area contributed by atoms with Crippen LogP contribution in [-0.2, 0) is 16.4 Å². The van der Waals surface area contributed by atoms with Crippen LogP contribution in [-0.4, -0.2) is 15.5 Å². The van der Waals surface area contributed by atoms with Crippen molar-refractivity contribution in [2.24, 2.45) is 0 Å². The maximum absolute atomic E-state index is 12.7. The molecule has 0 heterocycles. The minimum absolute atomic E-state index is 0.306. The van der Waals surface area contributed by atoms with E-state index in [0.29, 0.717) is 4.90 Å². The van der Waals surface area contributed by atoms with E-state index in [-0.39, 0.29) is 0 Å². The molecule has 0 fully saturated rings. The summed E-state index contributed by atoms with van der Waals surface area (Å²) in [5, 5.41) is 0. The van der Waals surface area contributed by atoms with Crippen molar-refractivity contribution in [2.45, 2.75) is 24.7 Å². The van der Waals surface area contributed by atoms with E-state index in [1.807, 2.05) is 43.3 Å². The minimum atomic E-state index is -3.53. The Hall–Kier alpha value is -2.07. The number of hydrogen-bond acceptors (Lipinski definition) is 2. The van der Waals surface area contributed by atoms with Gasteiger partial charge < -0.3 is 0 Å². The predicted octanol–water partition coefficient (Wildman–Crippen LogP) is 4.02. The van der Waals surface area contributed by atoms with Crippen molar-refractivity contribution in [1.82, 2.24) is 0 Å². The van der Waals surface area contributed by atoms with Gasteiger partial charge in [0.25, 0.3) is 10.0 Å². The fraction of sp³-hybridized carbons (Fsp3) is 0.222. The summed E-state index contributed by atoms with van der Waals surface area (Å²) in [5.74, 6) is 0. The van der Waals surface area contributed by atoms with E-state index in [0.717, 1.165) is 24.1 Å². The Morgan fingerprint density at radius 2 is 1.64 bits per heavy atom. The highest BCUT2D eigenvalue weighted by Crippen LogP contribution is 2.26. The standard InChI is InChI=1S/C18H21NO2S/c1-3-4-6-11-16-12-9-10-15-18(16)19(2)22(20,21)17-13-7-5-8-14-17/h3-5,7-10,12-15H,6,11H2,1-2H3/b4-3+. The zero-order chi connectivity index (χ0) is 16.0. The van der Waals surface area contributed by atoms with Gasteiger partial charge in [0.1, 0.15) is 0 Å². The second-order valence-electron chi connectivity index (χ2n) is 5.02. The van der Waals surface area contributed by atoms with Crippen molar-refractivity contribution in [3.8, 4) is 0 Å². The van der Waals surface area contributed by atoms with E-state index in [9.17, 15) is 8.42 Å². The molecule has 0 spiro atoms. The minimum Gasteiger partial charge on any atom is -0.269 e. The van der Waals surface area contributed by atoms with Crippen LogP contribution in [0.5, 0.6) is 0 Å². The number of anilines is 1. The molecule has 2 aromatic carbocycles. The summed E-state index contributed by atoms with van der Waals surface area (Å²) in [4.78, 5) is 0.306. The number of para-hydroxylation sites is 1. The molecule has 0 saturated heterocycles. The van der Waals surface area contributed by atoms with E-state index in [2.05, 4.69) is 6.08 Å². The van der Waals surface area contributed by atoms with E-state index < -0.39 is 10.0 Å². The number of rotatable bonds is 6. The summed E-state index contributed by atoms with van der Waals surface area (Å²) in [7, 11) is -1.92. The Morgan fingerprint density at radius 1 is 1.00 bits per heavy atom. The zero-order valence-corrected chi connectivity index (χ0v) is 13.8. The molecule has 0 aliphatic rings. The number of aryl methyl sites for hydroxylation is 1. The fourth-order valence-corrected chi connectivity index (χ4v) is 3.57. The SMILES string of the molecule is C/C=C/CCc1ccccc1N(C)S(=O)(=O)c1ccccc1. The van der Waals surface area contributed by atoms with Crippen molar-refractivity contribution in [1.29, 1.82) is 0 Å². The first kappa shape index (κ1) is 16.3. The Kier molecular flexibility index (Phi) is 5.39. The lowest BCUT2D eigenvalue weighted by Gasteiger charge is -2.22. The molecule has 0 bridgehead atoms. The molecule has 0 aliphatic heterocycles. The van der Waals surface area contributed by atoms with Gasteiger partial charge in [-0.05, 0) is 43.5 Å².